The lowest BCUT2D eigenvalue weighted by Crippen LogP contribution is -2.51. The Morgan fingerprint density at radius 1 is 1.30 bits per heavy atom. The minimum Gasteiger partial charge on any atom is -0.346 e. The van der Waals surface area contributed by atoms with Gasteiger partial charge in [-0.15, -0.1) is 0 Å². The molecule has 2 fully saturated rings. The Morgan fingerprint density at radius 3 is 2.75 bits per heavy atom. The van der Waals surface area contributed by atoms with Gasteiger partial charge in [0.1, 0.15) is 0 Å². The van der Waals surface area contributed by atoms with Crippen molar-refractivity contribution >= 4 is 0 Å². The first-order chi connectivity index (χ1) is 9.74. The summed E-state index contributed by atoms with van der Waals surface area (Å²) in [6.45, 7) is 6.09. The van der Waals surface area contributed by atoms with Crippen LogP contribution < -0.4 is 5.73 Å². The lowest BCUT2D eigenvalue weighted by molar-refractivity contribution is -0.193. The smallest absolute Gasteiger partial charge is 0.181 e. The second kappa shape index (κ2) is 5.82. The van der Waals surface area contributed by atoms with E-state index in [2.05, 4.69) is 36.1 Å². The van der Waals surface area contributed by atoms with Crippen molar-refractivity contribution in [1.29, 1.82) is 0 Å². The van der Waals surface area contributed by atoms with Crippen molar-refractivity contribution in [2.24, 2.45) is 5.73 Å². The molecule has 2 saturated heterocycles. The van der Waals surface area contributed by atoms with Crippen LogP contribution in [0, 0.1) is 6.92 Å². The van der Waals surface area contributed by atoms with Gasteiger partial charge in [-0.25, -0.2) is 0 Å². The molecule has 0 bridgehead atoms. The predicted molar refractivity (Wildman–Crippen MR) is 78.4 cm³/mol. The van der Waals surface area contributed by atoms with E-state index in [0.717, 1.165) is 25.9 Å². The summed E-state index contributed by atoms with van der Waals surface area (Å²) in [5.41, 5.74) is 8.69. The van der Waals surface area contributed by atoms with Crippen molar-refractivity contribution in [3.05, 3.63) is 35.4 Å². The maximum absolute atomic E-state index is 6.07. The van der Waals surface area contributed by atoms with Crippen LogP contribution in [0.5, 0.6) is 0 Å². The van der Waals surface area contributed by atoms with Gasteiger partial charge in [0.15, 0.2) is 5.79 Å². The molecule has 2 heterocycles. The van der Waals surface area contributed by atoms with E-state index in [1.54, 1.807) is 0 Å². The molecule has 0 aliphatic carbocycles. The summed E-state index contributed by atoms with van der Waals surface area (Å²) in [4.78, 5) is 2.43. The molecule has 0 amide bonds. The van der Waals surface area contributed by atoms with Gasteiger partial charge in [0.05, 0.1) is 19.8 Å². The number of likely N-dealkylation sites (tertiary alicyclic amines) is 1. The van der Waals surface area contributed by atoms with Crippen LogP contribution in [0.4, 0.5) is 0 Å². The molecule has 1 aromatic carbocycles. The third-order valence-electron chi connectivity index (χ3n) is 4.47. The molecule has 4 nitrogen and oxygen atoms in total. The van der Waals surface area contributed by atoms with Crippen molar-refractivity contribution in [2.75, 3.05) is 32.8 Å². The normalized spacial score (nSPS) is 24.1. The molecule has 1 unspecified atom stereocenters. The Hall–Kier alpha value is -0.940. The molecule has 20 heavy (non-hydrogen) atoms. The van der Waals surface area contributed by atoms with E-state index in [0.29, 0.717) is 19.8 Å². The molecule has 1 spiro atoms. The van der Waals surface area contributed by atoms with Crippen molar-refractivity contribution in [3.63, 3.8) is 0 Å². The SMILES string of the molecule is Cc1ccccc1C(CN)N1CCCC2(C1)OCCO2. The molecule has 0 radical (unpaired) electrons. The molecule has 0 saturated carbocycles. The standard InChI is InChI=1S/C16H24N2O2/c1-13-5-2-3-6-14(13)15(11-17)18-8-4-7-16(12-18)19-9-10-20-16/h2-3,5-6,15H,4,7-12,17H2,1H3. The van der Waals surface area contributed by atoms with Crippen LogP contribution in [0.15, 0.2) is 24.3 Å². The van der Waals surface area contributed by atoms with Crippen LogP contribution in [0.25, 0.3) is 0 Å². The second-order valence-electron chi connectivity index (χ2n) is 5.79. The first kappa shape index (κ1) is 14.0. The van der Waals surface area contributed by atoms with Gasteiger partial charge in [-0.1, -0.05) is 24.3 Å². The summed E-state index contributed by atoms with van der Waals surface area (Å²) < 4.78 is 11.7. The number of hydrogen-bond acceptors (Lipinski definition) is 4. The molecule has 2 aliphatic heterocycles. The van der Waals surface area contributed by atoms with Crippen LogP contribution in [0.2, 0.25) is 0 Å². The number of nitrogens with two attached hydrogens (primary N) is 1. The van der Waals surface area contributed by atoms with Crippen molar-refractivity contribution in [3.8, 4) is 0 Å². The summed E-state index contributed by atoms with van der Waals surface area (Å²) in [6, 6.07) is 8.76. The average molecular weight is 276 g/mol. The van der Waals surface area contributed by atoms with Gasteiger partial charge in [-0.2, -0.15) is 0 Å². The Labute approximate surface area is 120 Å². The monoisotopic (exact) mass is 276 g/mol. The minimum atomic E-state index is -0.381. The van der Waals surface area contributed by atoms with Gasteiger partial charge in [-0.05, 0) is 31.0 Å². The third kappa shape index (κ3) is 2.61. The fourth-order valence-corrected chi connectivity index (χ4v) is 3.45. The fraction of sp³-hybridized carbons (Fsp3) is 0.625. The van der Waals surface area contributed by atoms with Crippen LogP contribution in [-0.4, -0.2) is 43.5 Å². The highest BCUT2D eigenvalue weighted by Crippen LogP contribution is 2.34. The highest BCUT2D eigenvalue weighted by Gasteiger charge is 2.42. The molecule has 1 aromatic rings. The van der Waals surface area contributed by atoms with E-state index < -0.39 is 0 Å². The summed E-state index contributed by atoms with van der Waals surface area (Å²) in [7, 11) is 0. The van der Waals surface area contributed by atoms with Crippen LogP contribution >= 0.6 is 0 Å². The maximum Gasteiger partial charge on any atom is 0.181 e. The molecule has 4 heteroatoms. The minimum absolute atomic E-state index is 0.251. The second-order valence-corrected chi connectivity index (χ2v) is 5.79. The highest BCUT2D eigenvalue weighted by atomic mass is 16.7. The molecular weight excluding hydrogens is 252 g/mol. The lowest BCUT2D eigenvalue weighted by atomic mass is 9.96. The van der Waals surface area contributed by atoms with E-state index in [4.69, 9.17) is 15.2 Å². The quantitative estimate of drug-likeness (QED) is 0.915. The van der Waals surface area contributed by atoms with E-state index >= 15 is 0 Å². The number of ether oxygens (including phenoxy) is 2. The molecule has 110 valence electrons. The Morgan fingerprint density at radius 2 is 2.05 bits per heavy atom. The zero-order valence-electron chi connectivity index (χ0n) is 12.2. The molecule has 0 aromatic heterocycles. The number of hydrogen-bond donors (Lipinski definition) is 1. The zero-order valence-corrected chi connectivity index (χ0v) is 12.2. The largest absolute Gasteiger partial charge is 0.346 e. The van der Waals surface area contributed by atoms with Gasteiger partial charge in [0, 0.05) is 19.0 Å². The first-order valence-corrected chi connectivity index (χ1v) is 7.52. The van der Waals surface area contributed by atoms with Crippen molar-refractivity contribution in [1.82, 2.24) is 4.90 Å². The topological polar surface area (TPSA) is 47.7 Å². The number of rotatable bonds is 3. The summed E-state index contributed by atoms with van der Waals surface area (Å²) in [5.74, 6) is -0.381. The molecule has 1 atom stereocenters. The van der Waals surface area contributed by atoms with Gasteiger partial charge >= 0.3 is 0 Å². The van der Waals surface area contributed by atoms with E-state index in [1.807, 2.05) is 0 Å². The maximum atomic E-state index is 6.07. The number of aryl methyl sites for hydroxylation is 1. The van der Waals surface area contributed by atoms with Crippen LogP contribution in [-0.2, 0) is 9.47 Å². The molecular formula is C16H24N2O2. The zero-order chi connectivity index (χ0) is 14.0. The predicted octanol–water partition coefficient (Wildman–Crippen LogP) is 1.83. The molecule has 2 N–H and O–H groups in total. The van der Waals surface area contributed by atoms with Crippen LogP contribution in [0.3, 0.4) is 0 Å². The van der Waals surface area contributed by atoms with Gasteiger partial charge in [0.25, 0.3) is 0 Å². The average Bonchev–Trinajstić information content (AvgIpc) is 2.90. The van der Waals surface area contributed by atoms with E-state index in [9.17, 15) is 0 Å². The highest BCUT2D eigenvalue weighted by molar-refractivity contribution is 5.29. The van der Waals surface area contributed by atoms with Crippen LogP contribution in [0.1, 0.15) is 30.0 Å². The Balaban J connectivity index is 1.81. The summed E-state index contributed by atoms with van der Waals surface area (Å²) in [5, 5.41) is 0. The van der Waals surface area contributed by atoms with Gasteiger partial charge < -0.3 is 15.2 Å². The van der Waals surface area contributed by atoms with Gasteiger partial charge in [-0.3, -0.25) is 4.90 Å². The molecule has 2 aliphatic rings. The molecule has 3 rings (SSSR count). The number of nitrogens with zero attached hydrogens (tertiary/aromatic N) is 1. The fourth-order valence-electron chi connectivity index (χ4n) is 3.45. The van der Waals surface area contributed by atoms with E-state index in [1.165, 1.54) is 11.1 Å². The third-order valence-corrected chi connectivity index (χ3v) is 4.47. The van der Waals surface area contributed by atoms with Crippen molar-refractivity contribution < 1.29 is 9.47 Å². The van der Waals surface area contributed by atoms with Crippen molar-refractivity contribution in [2.45, 2.75) is 31.6 Å². The van der Waals surface area contributed by atoms with E-state index in [-0.39, 0.29) is 11.8 Å². The Kier molecular flexibility index (Phi) is 4.08. The number of benzene rings is 1. The summed E-state index contributed by atoms with van der Waals surface area (Å²) in [6.07, 6.45) is 2.09. The summed E-state index contributed by atoms with van der Waals surface area (Å²) >= 11 is 0. The van der Waals surface area contributed by atoms with Gasteiger partial charge in [0.2, 0.25) is 0 Å². The first-order valence-electron chi connectivity index (χ1n) is 7.52. The number of piperidine rings is 1. The lowest BCUT2D eigenvalue weighted by Gasteiger charge is -2.42. The Bertz CT molecular complexity index is 458.